The summed E-state index contributed by atoms with van der Waals surface area (Å²) in [7, 11) is 0. The van der Waals surface area contributed by atoms with E-state index in [4.69, 9.17) is 19.9 Å². The highest BCUT2D eigenvalue weighted by Gasteiger charge is 2.66. The summed E-state index contributed by atoms with van der Waals surface area (Å²) in [5.74, 6) is -2.44. The van der Waals surface area contributed by atoms with Gasteiger partial charge in [0.15, 0.2) is 15.7 Å². The van der Waals surface area contributed by atoms with Crippen molar-refractivity contribution in [3.05, 3.63) is 22.3 Å². The number of nitrogens with one attached hydrogen (secondary N) is 1. The van der Waals surface area contributed by atoms with Crippen LogP contribution in [-0.4, -0.2) is 86.3 Å². The van der Waals surface area contributed by atoms with Gasteiger partial charge in [0.25, 0.3) is 11.8 Å². The van der Waals surface area contributed by atoms with Gasteiger partial charge in [0.2, 0.25) is 6.79 Å². The Morgan fingerprint density at radius 1 is 1.35 bits per heavy atom. The number of anilines is 1. The molecule has 13 nitrogen and oxygen atoms in total. The quantitative estimate of drug-likeness (QED) is 0.0968. The monoisotopic (exact) mass is 613 g/mol. The maximum Gasteiger partial charge on any atom is 0.358 e. The fraction of sp³-hybridized carbons (Fsp3) is 0.583. The van der Waals surface area contributed by atoms with E-state index in [1.165, 1.54) is 22.0 Å². The number of nitrogens with two attached hydrogens (primary N) is 1. The molecule has 2 amide bonds. The van der Waals surface area contributed by atoms with Crippen LogP contribution in [0.25, 0.3) is 0 Å². The topological polar surface area (TPSA) is 183 Å². The zero-order valence-corrected chi connectivity index (χ0v) is 24.9. The Kier molecular flexibility index (Phi) is 9.02. The molecule has 0 aromatic carbocycles. The number of thioether (sulfide) groups is 2. The van der Waals surface area contributed by atoms with Crippen LogP contribution < -0.4 is 11.1 Å². The summed E-state index contributed by atoms with van der Waals surface area (Å²) in [5.41, 5.74) is 5.15. The Morgan fingerprint density at radius 2 is 2.10 bits per heavy atom. The standard InChI is InChI=1S/C24H31N5O8S3/c1-23(2,3)21(33)37-11-36-18(31)16-12(14-7-5-6-8-35-14)9-39-20-24(38-4,19(32)29(16)20)27-17(30)15(28-34)13-10-40-22(25)26-13/h10,14,20,34H,5-9,11H2,1-4H3,(H2,25,26)(H,27,30)/b28-15-/t14?,20-,24?/m0/s1. The minimum absolute atomic E-state index is 0.0229. The number of ether oxygens (including phenoxy) is 3. The lowest BCUT2D eigenvalue weighted by atomic mass is 9.96. The Hall–Kier alpha value is -2.82. The molecule has 4 rings (SSSR count). The van der Waals surface area contributed by atoms with Gasteiger partial charge in [-0.3, -0.25) is 19.3 Å². The van der Waals surface area contributed by atoms with E-state index in [-0.39, 0.29) is 22.6 Å². The Bertz CT molecular complexity index is 1250. The molecule has 3 aliphatic rings. The number of hydrogen-bond donors (Lipinski definition) is 3. The number of fused-ring (bicyclic) bond motifs is 1. The maximum absolute atomic E-state index is 13.8. The zero-order valence-electron chi connectivity index (χ0n) is 22.4. The third kappa shape index (κ3) is 5.66. The van der Waals surface area contributed by atoms with Gasteiger partial charge in [0.05, 0.1) is 11.5 Å². The average molecular weight is 614 g/mol. The molecule has 1 aromatic heterocycles. The molecule has 3 atom stereocenters. The van der Waals surface area contributed by atoms with Crippen LogP contribution in [0, 0.1) is 5.41 Å². The lowest BCUT2D eigenvalue weighted by Crippen LogP contribution is -2.78. The zero-order chi connectivity index (χ0) is 29.2. The summed E-state index contributed by atoms with van der Waals surface area (Å²) in [6, 6.07) is 0. The molecule has 0 spiro atoms. The second-order valence-corrected chi connectivity index (χ2v) is 13.2. The van der Waals surface area contributed by atoms with E-state index < -0.39 is 51.9 Å². The summed E-state index contributed by atoms with van der Waals surface area (Å²) < 4.78 is 16.3. The first kappa shape index (κ1) is 30.1. The van der Waals surface area contributed by atoms with Gasteiger partial charge in [-0.25, -0.2) is 9.78 Å². The first-order valence-electron chi connectivity index (χ1n) is 12.4. The molecule has 2 fully saturated rings. The highest BCUT2D eigenvalue weighted by molar-refractivity contribution is 8.05. The number of aromatic nitrogens is 1. The molecule has 40 heavy (non-hydrogen) atoms. The van der Waals surface area contributed by atoms with Crippen molar-refractivity contribution < 1.29 is 38.6 Å². The summed E-state index contributed by atoms with van der Waals surface area (Å²) >= 11 is 3.52. The molecule has 0 radical (unpaired) electrons. The van der Waals surface area contributed by atoms with E-state index in [0.29, 0.717) is 24.4 Å². The fourth-order valence-corrected chi connectivity index (χ4v) is 7.63. The predicted molar refractivity (Wildman–Crippen MR) is 149 cm³/mol. The lowest BCUT2D eigenvalue weighted by molar-refractivity contribution is -0.173. The van der Waals surface area contributed by atoms with E-state index in [1.807, 2.05) is 0 Å². The number of nitrogens with zero attached hydrogens (tertiary/aromatic N) is 3. The van der Waals surface area contributed by atoms with Crippen molar-refractivity contribution in [2.24, 2.45) is 10.6 Å². The van der Waals surface area contributed by atoms with E-state index in [0.717, 1.165) is 35.9 Å². The molecule has 4 N–H and O–H groups in total. The second kappa shape index (κ2) is 12.0. The van der Waals surface area contributed by atoms with E-state index in [9.17, 15) is 24.4 Å². The van der Waals surface area contributed by atoms with Gasteiger partial charge >= 0.3 is 11.9 Å². The first-order chi connectivity index (χ1) is 18.9. The molecule has 0 saturated carbocycles. The summed E-state index contributed by atoms with van der Waals surface area (Å²) in [5, 5.41) is 16.2. The first-order valence-corrected chi connectivity index (χ1v) is 15.5. The highest BCUT2D eigenvalue weighted by atomic mass is 32.2. The summed E-state index contributed by atoms with van der Waals surface area (Å²) in [6.07, 6.45) is 3.75. The Balaban J connectivity index is 1.59. The lowest BCUT2D eigenvalue weighted by Gasteiger charge is -2.56. The van der Waals surface area contributed by atoms with Crippen molar-refractivity contribution in [3.8, 4) is 0 Å². The number of esters is 2. The van der Waals surface area contributed by atoms with E-state index >= 15 is 0 Å². The third-order valence-electron chi connectivity index (χ3n) is 6.52. The predicted octanol–water partition coefficient (Wildman–Crippen LogP) is 1.91. The normalized spacial score (nSPS) is 25.1. The number of carbonyl (C=O) groups excluding carboxylic acids is 4. The fourth-order valence-electron chi connectivity index (χ4n) is 4.41. The smallest absolute Gasteiger partial charge is 0.358 e. The number of rotatable bonds is 8. The van der Waals surface area contributed by atoms with Crippen LogP contribution in [0.15, 0.2) is 21.8 Å². The average Bonchev–Trinajstić information content (AvgIpc) is 3.36. The molecular weight excluding hydrogens is 582 g/mol. The van der Waals surface area contributed by atoms with Crippen LogP contribution in [-0.2, 0) is 33.4 Å². The molecule has 2 unspecified atom stereocenters. The van der Waals surface area contributed by atoms with Crippen molar-refractivity contribution in [3.63, 3.8) is 0 Å². The SMILES string of the molecule is CSC1(NC(=O)/C(=N\O)c2csc(N)n2)C(=O)N2C(C(=O)OCOC(=O)C(C)(C)C)=C(C3CCCCO3)CS[C@H]21. The van der Waals surface area contributed by atoms with Gasteiger partial charge in [-0.05, 0) is 51.9 Å². The number of carbonyl (C=O) groups is 4. The Morgan fingerprint density at radius 3 is 2.67 bits per heavy atom. The minimum Gasteiger partial charge on any atom is -0.427 e. The second-order valence-electron chi connectivity index (χ2n) is 10.2. The van der Waals surface area contributed by atoms with Crippen LogP contribution in [0.2, 0.25) is 0 Å². The maximum atomic E-state index is 13.8. The molecule has 1 aromatic rings. The molecule has 218 valence electrons. The van der Waals surface area contributed by atoms with Crippen molar-refractivity contribution >= 4 is 69.5 Å². The van der Waals surface area contributed by atoms with Crippen LogP contribution in [0.5, 0.6) is 0 Å². The van der Waals surface area contributed by atoms with Gasteiger partial charge in [-0.2, -0.15) is 0 Å². The molecular formula is C24H31N5O8S3. The Labute approximate surface area is 243 Å². The molecule has 4 heterocycles. The number of nitrogen functional groups attached to an aromatic ring is 1. The van der Waals surface area contributed by atoms with Crippen molar-refractivity contribution in [1.29, 1.82) is 0 Å². The van der Waals surface area contributed by atoms with Crippen LogP contribution in [0.1, 0.15) is 45.7 Å². The van der Waals surface area contributed by atoms with E-state index in [2.05, 4.69) is 15.5 Å². The molecule has 0 aliphatic carbocycles. The van der Waals surface area contributed by atoms with Gasteiger partial charge in [-0.15, -0.1) is 34.9 Å². The van der Waals surface area contributed by atoms with Crippen molar-refractivity contribution in [1.82, 2.24) is 15.2 Å². The van der Waals surface area contributed by atoms with Gasteiger partial charge < -0.3 is 30.5 Å². The van der Waals surface area contributed by atoms with Crippen molar-refractivity contribution in [2.75, 3.05) is 31.1 Å². The number of β-lactam (4-membered cyclic amide) rings is 1. The molecule has 0 bridgehead atoms. The van der Waals surface area contributed by atoms with E-state index in [1.54, 1.807) is 27.0 Å². The molecule has 2 saturated heterocycles. The number of hydrogen-bond acceptors (Lipinski definition) is 14. The number of thiazole rings is 1. The summed E-state index contributed by atoms with van der Waals surface area (Å²) in [4.78, 5) is 56.2. The minimum atomic E-state index is -1.47. The van der Waals surface area contributed by atoms with Crippen molar-refractivity contribution in [2.45, 2.75) is 56.4 Å². The molecule has 16 heteroatoms. The van der Waals surface area contributed by atoms with Crippen LogP contribution in [0.4, 0.5) is 5.13 Å². The number of oxime groups is 1. The van der Waals surface area contributed by atoms with Gasteiger partial charge in [0.1, 0.15) is 16.8 Å². The van der Waals surface area contributed by atoms with Gasteiger partial charge in [0, 0.05) is 17.7 Å². The summed E-state index contributed by atoms with van der Waals surface area (Å²) in [6.45, 7) is 4.93. The van der Waals surface area contributed by atoms with Crippen LogP contribution >= 0.6 is 34.9 Å². The number of amides is 2. The third-order valence-corrected chi connectivity index (χ3v) is 9.84. The van der Waals surface area contributed by atoms with Crippen LogP contribution in [0.3, 0.4) is 0 Å². The van der Waals surface area contributed by atoms with Gasteiger partial charge in [-0.1, -0.05) is 5.16 Å². The highest BCUT2D eigenvalue weighted by Crippen LogP contribution is 2.51. The largest absolute Gasteiger partial charge is 0.427 e. The molecule has 3 aliphatic heterocycles.